The van der Waals surface area contributed by atoms with Crippen LogP contribution >= 0.6 is 0 Å². The summed E-state index contributed by atoms with van der Waals surface area (Å²) in [6.45, 7) is 4.49. The number of rotatable bonds is 3. The Morgan fingerprint density at radius 3 is 2.72 bits per heavy atom. The second-order valence-corrected chi connectivity index (χ2v) is 5.29. The van der Waals surface area contributed by atoms with Gasteiger partial charge in [-0.2, -0.15) is 0 Å². The SMILES string of the molecule is C[C@H]1[C@H](C)CCC[C@H]1Nc1ccccc1[N+](=O)[O-]. The first-order valence-corrected chi connectivity index (χ1v) is 6.59. The molecule has 4 heteroatoms. The van der Waals surface area contributed by atoms with Crippen LogP contribution in [0.1, 0.15) is 33.1 Å². The van der Waals surface area contributed by atoms with E-state index in [2.05, 4.69) is 19.2 Å². The van der Waals surface area contributed by atoms with Gasteiger partial charge in [0, 0.05) is 12.1 Å². The van der Waals surface area contributed by atoms with Gasteiger partial charge < -0.3 is 5.32 Å². The van der Waals surface area contributed by atoms with E-state index in [1.165, 1.54) is 12.8 Å². The topological polar surface area (TPSA) is 55.2 Å². The number of nitro groups is 1. The number of hydrogen-bond acceptors (Lipinski definition) is 3. The molecule has 0 saturated heterocycles. The largest absolute Gasteiger partial charge is 0.376 e. The zero-order valence-corrected chi connectivity index (χ0v) is 10.9. The van der Waals surface area contributed by atoms with Gasteiger partial charge in [-0.25, -0.2) is 0 Å². The normalized spacial score (nSPS) is 27.8. The molecule has 0 aromatic heterocycles. The molecular weight excluding hydrogens is 228 g/mol. The van der Waals surface area contributed by atoms with Gasteiger partial charge >= 0.3 is 0 Å². The number of nitro benzene ring substituents is 1. The Balaban J connectivity index is 2.16. The van der Waals surface area contributed by atoms with E-state index in [1.807, 2.05) is 6.07 Å². The number of nitrogens with zero attached hydrogens (tertiary/aromatic N) is 1. The molecule has 1 saturated carbocycles. The number of benzene rings is 1. The second kappa shape index (κ2) is 5.38. The molecule has 1 fully saturated rings. The number of hydrogen-bond donors (Lipinski definition) is 1. The predicted molar refractivity (Wildman–Crippen MR) is 72.7 cm³/mol. The fraction of sp³-hybridized carbons (Fsp3) is 0.571. The zero-order chi connectivity index (χ0) is 13.1. The van der Waals surface area contributed by atoms with Gasteiger partial charge in [-0.3, -0.25) is 10.1 Å². The summed E-state index contributed by atoms with van der Waals surface area (Å²) < 4.78 is 0. The highest BCUT2D eigenvalue weighted by molar-refractivity contribution is 5.61. The van der Waals surface area contributed by atoms with Crippen molar-refractivity contribution in [2.45, 2.75) is 39.2 Å². The van der Waals surface area contributed by atoms with E-state index in [-0.39, 0.29) is 10.6 Å². The molecule has 1 aromatic carbocycles. The summed E-state index contributed by atoms with van der Waals surface area (Å²) in [4.78, 5) is 10.7. The van der Waals surface area contributed by atoms with Crippen molar-refractivity contribution in [3.63, 3.8) is 0 Å². The molecule has 0 bridgehead atoms. The van der Waals surface area contributed by atoms with Crippen molar-refractivity contribution >= 4 is 11.4 Å². The fourth-order valence-corrected chi connectivity index (χ4v) is 2.74. The summed E-state index contributed by atoms with van der Waals surface area (Å²) in [6.07, 6.45) is 3.55. The first-order valence-electron chi connectivity index (χ1n) is 6.59. The molecule has 18 heavy (non-hydrogen) atoms. The van der Waals surface area contributed by atoms with Gasteiger partial charge in [-0.1, -0.05) is 38.8 Å². The van der Waals surface area contributed by atoms with Crippen LogP contribution in [-0.4, -0.2) is 11.0 Å². The van der Waals surface area contributed by atoms with Gasteiger partial charge in [0.1, 0.15) is 5.69 Å². The molecule has 1 N–H and O–H groups in total. The maximum absolute atomic E-state index is 11.0. The first kappa shape index (κ1) is 12.9. The molecule has 1 aliphatic rings. The van der Waals surface area contributed by atoms with E-state index in [1.54, 1.807) is 18.2 Å². The van der Waals surface area contributed by atoms with Crippen molar-refractivity contribution in [2.75, 3.05) is 5.32 Å². The van der Waals surface area contributed by atoms with Crippen molar-refractivity contribution in [2.24, 2.45) is 11.8 Å². The molecule has 0 radical (unpaired) electrons. The van der Waals surface area contributed by atoms with Gasteiger partial charge in [0.05, 0.1) is 4.92 Å². The highest BCUT2D eigenvalue weighted by Gasteiger charge is 2.28. The third-order valence-electron chi connectivity index (χ3n) is 4.15. The van der Waals surface area contributed by atoms with E-state index < -0.39 is 0 Å². The van der Waals surface area contributed by atoms with Crippen molar-refractivity contribution in [3.05, 3.63) is 34.4 Å². The Kier molecular flexibility index (Phi) is 3.84. The minimum Gasteiger partial charge on any atom is -0.376 e. The van der Waals surface area contributed by atoms with Gasteiger partial charge in [0.2, 0.25) is 0 Å². The summed E-state index contributed by atoms with van der Waals surface area (Å²) >= 11 is 0. The molecule has 0 unspecified atom stereocenters. The highest BCUT2D eigenvalue weighted by Crippen LogP contribution is 2.33. The quantitative estimate of drug-likeness (QED) is 0.653. The molecule has 4 nitrogen and oxygen atoms in total. The molecule has 1 aliphatic carbocycles. The van der Waals surface area contributed by atoms with Crippen molar-refractivity contribution in [1.29, 1.82) is 0 Å². The highest BCUT2D eigenvalue weighted by atomic mass is 16.6. The monoisotopic (exact) mass is 248 g/mol. The van der Waals surface area contributed by atoms with E-state index in [0.29, 0.717) is 23.6 Å². The average Bonchev–Trinajstić information content (AvgIpc) is 2.35. The summed E-state index contributed by atoms with van der Waals surface area (Å²) in [5.41, 5.74) is 0.816. The summed E-state index contributed by atoms with van der Waals surface area (Å²) in [6, 6.07) is 7.24. The minimum absolute atomic E-state index is 0.169. The Bertz CT molecular complexity index is 434. The van der Waals surface area contributed by atoms with Crippen LogP contribution in [0.25, 0.3) is 0 Å². The molecule has 1 aromatic rings. The lowest BCUT2D eigenvalue weighted by Gasteiger charge is -2.35. The van der Waals surface area contributed by atoms with Gasteiger partial charge in [0.15, 0.2) is 0 Å². The third-order valence-corrected chi connectivity index (χ3v) is 4.15. The molecule has 2 rings (SSSR count). The maximum Gasteiger partial charge on any atom is 0.292 e. The van der Waals surface area contributed by atoms with Crippen LogP contribution in [0, 0.1) is 22.0 Å². The van der Waals surface area contributed by atoms with E-state index in [0.717, 1.165) is 6.42 Å². The maximum atomic E-state index is 11.0. The Labute approximate surface area is 108 Å². The summed E-state index contributed by atoms with van der Waals surface area (Å²) in [7, 11) is 0. The average molecular weight is 248 g/mol. The zero-order valence-electron chi connectivity index (χ0n) is 10.9. The number of anilines is 1. The first-order chi connectivity index (χ1) is 8.59. The Morgan fingerprint density at radius 1 is 1.28 bits per heavy atom. The van der Waals surface area contributed by atoms with Crippen molar-refractivity contribution in [1.82, 2.24) is 0 Å². The fourth-order valence-electron chi connectivity index (χ4n) is 2.74. The van der Waals surface area contributed by atoms with Gasteiger partial charge in [0.25, 0.3) is 5.69 Å². The van der Waals surface area contributed by atoms with E-state index >= 15 is 0 Å². The molecule has 0 spiro atoms. The van der Waals surface area contributed by atoms with Crippen LogP contribution in [0.4, 0.5) is 11.4 Å². The van der Waals surface area contributed by atoms with Gasteiger partial charge in [-0.15, -0.1) is 0 Å². The van der Waals surface area contributed by atoms with Crippen molar-refractivity contribution in [3.8, 4) is 0 Å². The van der Waals surface area contributed by atoms with Gasteiger partial charge in [-0.05, 0) is 24.3 Å². The molecule has 0 heterocycles. The number of nitrogens with one attached hydrogen (secondary N) is 1. The predicted octanol–water partition coefficient (Wildman–Crippen LogP) is 3.83. The molecule has 3 atom stereocenters. The summed E-state index contributed by atoms with van der Waals surface area (Å²) in [5.74, 6) is 1.23. The molecule has 0 amide bonds. The standard InChI is InChI=1S/C14H20N2O2/c1-10-6-5-8-12(11(10)2)15-13-7-3-4-9-14(13)16(17)18/h3-4,7,9-12,15H,5-6,8H2,1-2H3/t10-,11+,12-/m1/s1. The lowest BCUT2D eigenvalue weighted by molar-refractivity contribution is -0.384. The van der Waals surface area contributed by atoms with Crippen LogP contribution in [-0.2, 0) is 0 Å². The smallest absolute Gasteiger partial charge is 0.292 e. The second-order valence-electron chi connectivity index (χ2n) is 5.29. The van der Waals surface area contributed by atoms with E-state index in [9.17, 15) is 10.1 Å². The summed E-state index contributed by atoms with van der Waals surface area (Å²) in [5, 5.41) is 14.3. The molecule has 98 valence electrons. The van der Waals surface area contributed by atoms with Crippen LogP contribution in [0.3, 0.4) is 0 Å². The van der Waals surface area contributed by atoms with E-state index in [4.69, 9.17) is 0 Å². The minimum atomic E-state index is -0.320. The van der Waals surface area contributed by atoms with Crippen LogP contribution < -0.4 is 5.32 Å². The van der Waals surface area contributed by atoms with Crippen LogP contribution in [0.5, 0.6) is 0 Å². The third kappa shape index (κ3) is 2.63. The Morgan fingerprint density at radius 2 is 2.00 bits per heavy atom. The van der Waals surface area contributed by atoms with Crippen molar-refractivity contribution < 1.29 is 4.92 Å². The number of para-hydroxylation sites is 2. The van der Waals surface area contributed by atoms with Crippen LogP contribution in [0.2, 0.25) is 0 Å². The molecular formula is C14H20N2O2. The lowest BCUT2D eigenvalue weighted by Crippen LogP contribution is -2.35. The van der Waals surface area contributed by atoms with Crippen LogP contribution in [0.15, 0.2) is 24.3 Å². The Hall–Kier alpha value is -1.58. The molecule has 0 aliphatic heterocycles. The lowest BCUT2D eigenvalue weighted by atomic mass is 9.78.